The van der Waals surface area contributed by atoms with Gasteiger partial charge in [-0.1, -0.05) is 13.8 Å². The maximum Gasteiger partial charge on any atom is 0.261 e. The number of halogens is 2. The molecule has 104 valence electrons. The zero-order valence-electron chi connectivity index (χ0n) is 10.1. The molecule has 0 fully saturated rings. The molecule has 8 heteroatoms. The van der Waals surface area contributed by atoms with Gasteiger partial charge in [-0.3, -0.25) is 0 Å². The van der Waals surface area contributed by atoms with Gasteiger partial charge in [0.05, 0.1) is 12.4 Å². The molecule has 0 aliphatic heterocycles. The minimum absolute atomic E-state index is 0.0106. The van der Waals surface area contributed by atoms with Crippen molar-refractivity contribution in [2.24, 2.45) is 0 Å². The summed E-state index contributed by atoms with van der Waals surface area (Å²) in [5.41, 5.74) is 0. The molecule has 0 rings (SSSR count). The monoisotopic (exact) mass is 274 g/mol. The summed E-state index contributed by atoms with van der Waals surface area (Å²) in [6, 6.07) is 0.222. The second-order valence-electron chi connectivity index (χ2n) is 3.79. The molecule has 0 saturated carbocycles. The summed E-state index contributed by atoms with van der Waals surface area (Å²) in [7, 11) is -3.36. The summed E-state index contributed by atoms with van der Waals surface area (Å²) in [5, 5.41) is 2.97. The van der Waals surface area contributed by atoms with E-state index < -0.39 is 23.1 Å². The van der Waals surface area contributed by atoms with E-state index in [9.17, 15) is 17.2 Å². The highest BCUT2D eigenvalue weighted by atomic mass is 32.2. The molecular formula is C9H20F2N2O3S. The Kier molecular flexibility index (Phi) is 8.57. The first-order valence-electron chi connectivity index (χ1n) is 5.40. The van der Waals surface area contributed by atoms with Gasteiger partial charge in [0.2, 0.25) is 10.0 Å². The minimum atomic E-state index is -3.36. The summed E-state index contributed by atoms with van der Waals surface area (Å²) in [6.07, 6.45) is -2.53. The van der Waals surface area contributed by atoms with Crippen LogP contribution in [0.2, 0.25) is 0 Å². The summed E-state index contributed by atoms with van der Waals surface area (Å²) < 4.78 is 52.9. The Morgan fingerprint density at radius 1 is 1.24 bits per heavy atom. The molecule has 0 aliphatic carbocycles. The van der Waals surface area contributed by atoms with E-state index in [1.165, 1.54) is 0 Å². The van der Waals surface area contributed by atoms with E-state index in [-0.39, 0.29) is 24.9 Å². The number of hydrogen-bond donors (Lipinski definition) is 2. The molecule has 0 atom stereocenters. The van der Waals surface area contributed by atoms with Crippen LogP contribution in [-0.2, 0) is 14.8 Å². The lowest BCUT2D eigenvalue weighted by molar-refractivity contribution is 0.0199. The van der Waals surface area contributed by atoms with Gasteiger partial charge >= 0.3 is 0 Å². The number of rotatable bonds is 10. The Morgan fingerprint density at radius 2 is 1.88 bits per heavy atom. The first kappa shape index (κ1) is 16.7. The van der Waals surface area contributed by atoms with Crippen LogP contribution in [0.4, 0.5) is 8.78 Å². The molecule has 0 aromatic heterocycles. The normalized spacial score (nSPS) is 12.6. The van der Waals surface area contributed by atoms with Crippen LogP contribution in [-0.4, -0.2) is 52.9 Å². The average Bonchev–Trinajstić information content (AvgIpc) is 2.15. The van der Waals surface area contributed by atoms with Crippen molar-refractivity contribution in [1.29, 1.82) is 0 Å². The largest absolute Gasteiger partial charge is 0.374 e. The summed E-state index contributed by atoms with van der Waals surface area (Å²) >= 11 is 0. The fraction of sp³-hybridized carbons (Fsp3) is 1.00. The number of alkyl halides is 2. The molecule has 17 heavy (non-hydrogen) atoms. The molecule has 0 aromatic carbocycles. The second kappa shape index (κ2) is 8.73. The lowest BCUT2D eigenvalue weighted by atomic mass is 10.4. The molecule has 0 aliphatic rings. The molecule has 0 amide bonds. The molecule has 0 spiro atoms. The maximum absolute atomic E-state index is 11.7. The van der Waals surface area contributed by atoms with E-state index in [0.29, 0.717) is 6.54 Å². The van der Waals surface area contributed by atoms with E-state index in [2.05, 4.69) is 14.8 Å². The number of sulfonamides is 1. The minimum Gasteiger partial charge on any atom is -0.374 e. The molecule has 0 bridgehead atoms. The van der Waals surface area contributed by atoms with E-state index >= 15 is 0 Å². The topological polar surface area (TPSA) is 67.4 Å². The fourth-order valence-electron chi connectivity index (χ4n) is 0.996. The maximum atomic E-state index is 11.7. The quantitative estimate of drug-likeness (QED) is 0.558. The van der Waals surface area contributed by atoms with Gasteiger partial charge in [-0.25, -0.2) is 21.9 Å². The van der Waals surface area contributed by atoms with E-state index in [1.807, 2.05) is 13.8 Å². The molecule has 0 saturated heterocycles. The van der Waals surface area contributed by atoms with Crippen molar-refractivity contribution in [3.8, 4) is 0 Å². The van der Waals surface area contributed by atoms with Gasteiger partial charge in [0.15, 0.2) is 0 Å². The van der Waals surface area contributed by atoms with Crippen LogP contribution in [0.15, 0.2) is 0 Å². The van der Waals surface area contributed by atoms with Gasteiger partial charge in [0.1, 0.15) is 6.61 Å². The second-order valence-corrected chi connectivity index (χ2v) is 5.71. The summed E-state index contributed by atoms with van der Waals surface area (Å²) in [6.45, 7) is 3.47. The highest BCUT2D eigenvalue weighted by Crippen LogP contribution is 1.91. The van der Waals surface area contributed by atoms with E-state index in [0.717, 1.165) is 0 Å². The summed E-state index contributed by atoms with van der Waals surface area (Å²) in [5.74, 6) is -0.0416. The van der Waals surface area contributed by atoms with Gasteiger partial charge in [0, 0.05) is 19.1 Å². The van der Waals surface area contributed by atoms with Crippen molar-refractivity contribution in [3.05, 3.63) is 0 Å². The van der Waals surface area contributed by atoms with Crippen LogP contribution in [0.1, 0.15) is 13.8 Å². The lowest BCUT2D eigenvalue weighted by Gasteiger charge is -2.09. The van der Waals surface area contributed by atoms with Gasteiger partial charge in [-0.2, -0.15) is 0 Å². The van der Waals surface area contributed by atoms with Crippen molar-refractivity contribution < 1.29 is 21.9 Å². The zero-order chi connectivity index (χ0) is 13.3. The molecule has 2 N–H and O–H groups in total. The van der Waals surface area contributed by atoms with Gasteiger partial charge < -0.3 is 10.1 Å². The number of hydrogen-bond acceptors (Lipinski definition) is 4. The Bertz CT molecular complexity index is 284. The van der Waals surface area contributed by atoms with Crippen molar-refractivity contribution in [1.82, 2.24) is 10.0 Å². The van der Waals surface area contributed by atoms with Crippen molar-refractivity contribution in [2.75, 3.05) is 32.1 Å². The molecule has 0 radical (unpaired) electrons. The molecular weight excluding hydrogens is 254 g/mol. The van der Waals surface area contributed by atoms with Crippen LogP contribution >= 0.6 is 0 Å². The van der Waals surface area contributed by atoms with Crippen LogP contribution < -0.4 is 10.0 Å². The van der Waals surface area contributed by atoms with Gasteiger partial charge in [-0.05, 0) is 0 Å². The smallest absolute Gasteiger partial charge is 0.261 e. The van der Waals surface area contributed by atoms with Crippen molar-refractivity contribution in [2.45, 2.75) is 26.3 Å². The first-order valence-corrected chi connectivity index (χ1v) is 7.05. The highest BCUT2D eigenvalue weighted by Gasteiger charge is 2.09. The van der Waals surface area contributed by atoms with Crippen molar-refractivity contribution >= 4 is 10.0 Å². The fourth-order valence-corrected chi connectivity index (χ4v) is 1.92. The molecule has 0 aromatic rings. The van der Waals surface area contributed by atoms with Crippen LogP contribution in [0.5, 0.6) is 0 Å². The summed E-state index contributed by atoms with van der Waals surface area (Å²) in [4.78, 5) is 0. The van der Waals surface area contributed by atoms with Crippen LogP contribution in [0, 0.1) is 0 Å². The van der Waals surface area contributed by atoms with Gasteiger partial charge in [-0.15, -0.1) is 0 Å². The third-order valence-corrected chi connectivity index (χ3v) is 3.12. The highest BCUT2D eigenvalue weighted by molar-refractivity contribution is 7.89. The predicted molar refractivity (Wildman–Crippen MR) is 61.8 cm³/mol. The van der Waals surface area contributed by atoms with Crippen LogP contribution in [0.3, 0.4) is 0 Å². The number of nitrogens with one attached hydrogen (secondary N) is 2. The Balaban J connectivity index is 3.57. The van der Waals surface area contributed by atoms with E-state index in [4.69, 9.17) is 0 Å². The SMILES string of the molecule is CC(C)NCCS(=O)(=O)NCCOCC(F)F. The molecule has 0 heterocycles. The zero-order valence-corrected chi connectivity index (χ0v) is 10.9. The lowest BCUT2D eigenvalue weighted by Crippen LogP contribution is -2.35. The Hall–Kier alpha value is -0.310. The molecule has 0 unspecified atom stereocenters. The van der Waals surface area contributed by atoms with Crippen molar-refractivity contribution in [3.63, 3.8) is 0 Å². The Labute approximate surface area is 101 Å². The standard InChI is InChI=1S/C9H20F2N2O3S/c1-8(2)12-4-6-17(14,15)13-3-5-16-7-9(10)11/h8-9,12-13H,3-7H2,1-2H3. The Morgan fingerprint density at radius 3 is 2.41 bits per heavy atom. The molecule has 5 nitrogen and oxygen atoms in total. The number of ether oxygens (including phenoxy) is 1. The third kappa shape index (κ3) is 11.9. The van der Waals surface area contributed by atoms with E-state index in [1.54, 1.807) is 0 Å². The average molecular weight is 274 g/mol. The third-order valence-electron chi connectivity index (χ3n) is 1.74. The van der Waals surface area contributed by atoms with Crippen LogP contribution in [0.25, 0.3) is 0 Å². The predicted octanol–water partition coefficient (Wildman–Crippen LogP) is 0.186. The van der Waals surface area contributed by atoms with Gasteiger partial charge in [0.25, 0.3) is 6.43 Å². The first-order chi connectivity index (χ1) is 7.83.